The van der Waals surface area contributed by atoms with E-state index in [1.807, 2.05) is 42.1 Å². The highest BCUT2D eigenvalue weighted by molar-refractivity contribution is 7.99. The summed E-state index contributed by atoms with van der Waals surface area (Å²) >= 11 is 7.29. The minimum Gasteiger partial charge on any atom is -0.349 e. The Morgan fingerprint density at radius 2 is 1.95 bits per heavy atom. The molecule has 1 N–H and O–H groups in total. The molecule has 0 aliphatic carbocycles. The third-order valence-electron chi connectivity index (χ3n) is 3.58. The number of nitrogens with one attached hydrogen (secondary N) is 1. The summed E-state index contributed by atoms with van der Waals surface area (Å²) in [4.78, 5) is 16.5. The van der Waals surface area contributed by atoms with Crippen LogP contribution in [0.2, 0.25) is 0 Å². The van der Waals surface area contributed by atoms with Crippen molar-refractivity contribution >= 4 is 40.7 Å². The lowest BCUT2D eigenvalue weighted by Gasteiger charge is -2.27. The van der Waals surface area contributed by atoms with Gasteiger partial charge in [0.15, 0.2) is 5.11 Å². The maximum Gasteiger partial charge on any atom is 0.257 e. The van der Waals surface area contributed by atoms with Gasteiger partial charge in [-0.1, -0.05) is 18.2 Å². The number of anilines is 1. The first kappa shape index (κ1) is 13.9. The van der Waals surface area contributed by atoms with Gasteiger partial charge in [-0.2, -0.15) is 11.8 Å². The average Bonchev–Trinajstić information content (AvgIpc) is 2.75. The Morgan fingerprint density at radius 3 is 2.65 bits per heavy atom. The van der Waals surface area contributed by atoms with E-state index in [1.54, 1.807) is 4.90 Å². The molecule has 2 aliphatic rings. The zero-order valence-corrected chi connectivity index (χ0v) is 12.8. The smallest absolute Gasteiger partial charge is 0.257 e. The Balaban J connectivity index is 1.70. The molecule has 106 valence electrons. The fourth-order valence-corrected chi connectivity index (χ4v) is 3.83. The summed E-state index contributed by atoms with van der Waals surface area (Å²) in [6.07, 6.45) is 0. The van der Waals surface area contributed by atoms with Crippen LogP contribution < -0.4 is 10.2 Å². The molecule has 0 aromatic heterocycles. The van der Waals surface area contributed by atoms with Crippen LogP contribution in [-0.4, -0.2) is 53.1 Å². The number of nitrogens with zero attached hydrogens (tertiary/aromatic N) is 2. The van der Waals surface area contributed by atoms with Crippen molar-refractivity contribution in [3.63, 3.8) is 0 Å². The van der Waals surface area contributed by atoms with Crippen LogP contribution in [0.5, 0.6) is 0 Å². The van der Waals surface area contributed by atoms with Gasteiger partial charge in [-0.25, -0.2) is 0 Å². The van der Waals surface area contributed by atoms with E-state index in [0.717, 1.165) is 36.8 Å². The van der Waals surface area contributed by atoms with Crippen molar-refractivity contribution in [2.24, 2.45) is 0 Å². The Labute approximate surface area is 128 Å². The van der Waals surface area contributed by atoms with Crippen molar-refractivity contribution < 1.29 is 4.79 Å². The predicted molar refractivity (Wildman–Crippen MR) is 87.2 cm³/mol. The number of thiocarbonyl (C=S) groups is 1. The Morgan fingerprint density at radius 1 is 1.25 bits per heavy atom. The van der Waals surface area contributed by atoms with Gasteiger partial charge >= 0.3 is 0 Å². The van der Waals surface area contributed by atoms with Crippen molar-refractivity contribution in [2.75, 3.05) is 36.0 Å². The van der Waals surface area contributed by atoms with Gasteiger partial charge in [0, 0.05) is 31.1 Å². The van der Waals surface area contributed by atoms with Crippen LogP contribution in [0.1, 0.15) is 0 Å². The largest absolute Gasteiger partial charge is 0.349 e. The molecule has 0 saturated carbocycles. The first-order valence-corrected chi connectivity index (χ1v) is 8.31. The summed E-state index contributed by atoms with van der Waals surface area (Å²) < 4.78 is 0. The van der Waals surface area contributed by atoms with Gasteiger partial charge in [0.2, 0.25) is 0 Å². The number of carbonyl (C=O) groups excluding carboxylic acids is 1. The zero-order valence-electron chi connectivity index (χ0n) is 11.1. The topological polar surface area (TPSA) is 35.6 Å². The number of thioether (sulfide) groups is 1. The van der Waals surface area contributed by atoms with E-state index >= 15 is 0 Å². The summed E-state index contributed by atoms with van der Waals surface area (Å²) in [5.41, 5.74) is 0.840. The highest BCUT2D eigenvalue weighted by Gasteiger charge is 2.37. The fraction of sp³-hybridized carbons (Fsp3) is 0.429. The second-order valence-corrected chi connectivity index (χ2v) is 6.54. The minimum atomic E-state index is -0.217. The standard InChI is InChI=1S/C14H17N3OS2/c18-13-12(10-16-6-8-20-9-7-16)15-14(19)17(13)11-4-2-1-3-5-11/h1-5,12H,6-10H2,(H,15,19). The van der Waals surface area contributed by atoms with Gasteiger partial charge in [-0.3, -0.25) is 14.6 Å². The number of rotatable bonds is 3. The molecule has 4 nitrogen and oxygen atoms in total. The molecule has 2 aliphatic heterocycles. The second-order valence-electron chi connectivity index (χ2n) is 4.92. The van der Waals surface area contributed by atoms with E-state index in [4.69, 9.17) is 12.2 Å². The summed E-state index contributed by atoms with van der Waals surface area (Å²) in [6, 6.07) is 9.37. The molecule has 0 spiro atoms. The van der Waals surface area contributed by atoms with E-state index < -0.39 is 0 Å². The second kappa shape index (κ2) is 6.11. The first-order chi connectivity index (χ1) is 9.75. The number of amides is 1. The molecule has 1 aromatic carbocycles. The van der Waals surface area contributed by atoms with E-state index in [1.165, 1.54) is 0 Å². The van der Waals surface area contributed by atoms with Gasteiger partial charge in [0.25, 0.3) is 5.91 Å². The Hall–Kier alpha value is -1.11. The normalized spacial score (nSPS) is 24.0. The molecular formula is C14H17N3OS2. The number of hydrogen-bond donors (Lipinski definition) is 1. The third-order valence-corrected chi connectivity index (χ3v) is 4.82. The molecule has 0 bridgehead atoms. The van der Waals surface area contributed by atoms with Crippen molar-refractivity contribution in [2.45, 2.75) is 6.04 Å². The van der Waals surface area contributed by atoms with Crippen molar-refractivity contribution in [1.82, 2.24) is 10.2 Å². The lowest BCUT2D eigenvalue weighted by atomic mass is 10.2. The molecule has 1 unspecified atom stereocenters. The monoisotopic (exact) mass is 307 g/mol. The average molecular weight is 307 g/mol. The van der Waals surface area contributed by atoms with E-state index in [0.29, 0.717) is 5.11 Å². The molecular weight excluding hydrogens is 290 g/mol. The van der Waals surface area contributed by atoms with Crippen LogP contribution in [-0.2, 0) is 4.79 Å². The minimum absolute atomic E-state index is 0.0550. The van der Waals surface area contributed by atoms with Crippen molar-refractivity contribution in [1.29, 1.82) is 0 Å². The van der Waals surface area contributed by atoms with Crippen LogP contribution in [0.3, 0.4) is 0 Å². The maximum atomic E-state index is 12.5. The Bertz CT molecular complexity index is 502. The molecule has 2 saturated heterocycles. The predicted octanol–water partition coefficient (Wildman–Crippen LogP) is 1.33. The quantitative estimate of drug-likeness (QED) is 0.852. The van der Waals surface area contributed by atoms with Gasteiger partial charge in [-0.05, 0) is 24.4 Å². The number of carbonyl (C=O) groups is 1. The highest BCUT2D eigenvalue weighted by Crippen LogP contribution is 2.20. The van der Waals surface area contributed by atoms with Crippen molar-refractivity contribution in [3.8, 4) is 0 Å². The molecule has 0 radical (unpaired) electrons. The van der Waals surface area contributed by atoms with E-state index in [-0.39, 0.29) is 11.9 Å². The van der Waals surface area contributed by atoms with Crippen LogP contribution in [0.15, 0.2) is 30.3 Å². The lowest BCUT2D eigenvalue weighted by Crippen LogP contribution is -2.45. The van der Waals surface area contributed by atoms with Crippen LogP contribution in [0.4, 0.5) is 5.69 Å². The molecule has 6 heteroatoms. The highest BCUT2D eigenvalue weighted by atomic mass is 32.2. The van der Waals surface area contributed by atoms with Crippen LogP contribution in [0, 0.1) is 0 Å². The summed E-state index contributed by atoms with van der Waals surface area (Å²) in [5.74, 6) is 2.35. The van der Waals surface area contributed by atoms with Gasteiger partial charge in [0.1, 0.15) is 6.04 Å². The summed E-state index contributed by atoms with van der Waals surface area (Å²) in [7, 11) is 0. The van der Waals surface area contributed by atoms with Gasteiger partial charge in [0.05, 0.1) is 5.69 Å². The molecule has 1 aromatic rings. The first-order valence-electron chi connectivity index (χ1n) is 6.75. The summed E-state index contributed by atoms with van der Waals surface area (Å²) in [5, 5.41) is 3.67. The molecule has 3 rings (SSSR count). The molecule has 2 fully saturated rings. The Kier molecular flexibility index (Phi) is 4.24. The van der Waals surface area contributed by atoms with E-state index in [9.17, 15) is 4.79 Å². The van der Waals surface area contributed by atoms with Crippen LogP contribution >= 0.6 is 24.0 Å². The maximum absolute atomic E-state index is 12.5. The zero-order chi connectivity index (χ0) is 13.9. The number of benzene rings is 1. The van der Waals surface area contributed by atoms with Gasteiger partial charge < -0.3 is 5.32 Å². The van der Waals surface area contributed by atoms with E-state index in [2.05, 4.69) is 10.2 Å². The number of para-hydroxylation sites is 1. The van der Waals surface area contributed by atoms with Gasteiger partial charge in [-0.15, -0.1) is 0 Å². The van der Waals surface area contributed by atoms with Crippen LogP contribution in [0.25, 0.3) is 0 Å². The molecule has 2 heterocycles. The lowest BCUT2D eigenvalue weighted by molar-refractivity contribution is -0.118. The molecule has 1 amide bonds. The SMILES string of the molecule is O=C1C(CN2CCSCC2)NC(=S)N1c1ccccc1. The number of hydrogen-bond acceptors (Lipinski definition) is 4. The molecule has 1 atom stereocenters. The fourth-order valence-electron chi connectivity index (χ4n) is 2.52. The third kappa shape index (κ3) is 2.82. The van der Waals surface area contributed by atoms with Crippen molar-refractivity contribution in [3.05, 3.63) is 30.3 Å². The molecule has 20 heavy (non-hydrogen) atoms. The summed E-state index contributed by atoms with van der Waals surface area (Å²) in [6.45, 7) is 2.84.